The predicted octanol–water partition coefficient (Wildman–Crippen LogP) is 3.73. The standard InChI is InChI=1S/C30H31N3O6/c1-6-39-27(34)18-32-25-16-24(28(35)31(3)38-5)30(2)17-19-9-7-8-10-22(19)23(30)15-26(25)33(29(32)36)20-11-13-21(37-4)14-12-20/h7-16H,6,17-18H2,1-5H3/t30-/m0/s1. The molecule has 3 aromatic rings. The maximum absolute atomic E-state index is 14.0. The largest absolute Gasteiger partial charge is 0.497 e. The number of carbonyl (C=O) groups is 2. The Bertz CT molecular complexity index is 1580. The van der Waals surface area contributed by atoms with Crippen molar-refractivity contribution in [1.82, 2.24) is 14.2 Å². The number of methoxy groups -OCH3 is 1. The number of esters is 1. The summed E-state index contributed by atoms with van der Waals surface area (Å²) in [5.74, 6) is -0.230. The maximum Gasteiger partial charge on any atom is 0.334 e. The van der Waals surface area contributed by atoms with Crippen LogP contribution < -0.4 is 10.4 Å². The van der Waals surface area contributed by atoms with Crippen molar-refractivity contribution in [2.24, 2.45) is 5.41 Å². The first kappa shape index (κ1) is 26.2. The highest BCUT2D eigenvalue weighted by molar-refractivity contribution is 6.07. The van der Waals surface area contributed by atoms with Crippen LogP contribution in [0.5, 0.6) is 5.75 Å². The lowest BCUT2D eigenvalue weighted by atomic mass is 9.75. The van der Waals surface area contributed by atoms with E-state index in [1.165, 1.54) is 16.7 Å². The van der Waals surface area contributed by atoms with Crippen LogP contribution in [0.15, 0.2) is 58.9 Å². The Morgan fingerprint density at radius 2 is 1.74 bits per heavy atom. The van der Waals surface area contributed by atoms with E-state index < -0.39 is 17.1 Å². The number of hydrogen-bond donors (Lipinski definition) is 0. The second kappa shape index (κ2) is 10.1. The second-order valence-corrected chi connectivity index (χ2v) is 9.74. The van der Waals surface area contributed by atoms with E-state index in [1.54, 1.807) is 56.0 Å². The molecule has 202 valence electrons. The van der Waals surface area contributed by atoms with Gasteiger partial charge in [0.1, 0.15) is 12.3 Å². The molecule has 0 bridgehead atoms. The number of nitrogens with zero attached hydrogens (tertiary/aromatic N) is 3. The first-order valence-electron chi connectivity index (χ1n) is 12.7. The van der Waals surface area contributed by atoms with E-state index in [0.717, 1.165) is 16.7 Å². The van der Waals surface area contributed by atoms with Crippen LogP contribution in [0.3, 0.4) is 0 Å². The van der Waals surface area contributed by atoms with Crippen molar-refractivity contribution in [3.8, 4) is 11.4 Å². The molecule has 0 N–H and O–H groups in total. The average molecular weight is 530 g/mol. The molecule has 9 heteroatoms. The number of allylic oxidation sites excluding steroid dienone is 1. The summed E-state index contributed by atoms with van der Waals surface area (Å²) in [5.41, 5.74) is 3.97. The van der Waals surface area contributed by atoms with Gasteiger partial charge in [-0.1, -0.05) is 31.2 Å². The number of hydrogen-bond acceptors (Lipinski definition) is 6. The fourth-order valence-corrected chi connectivity index (χ4v) is 5.51. The van der Waals surface area contributed by atoms with E-state index in [4.69, 9.17) is 14.3 Å². The molecule has 39 heavy (non-hydrogen) atoms. The van der Waals surface area contributed by atoms with Gasteiger partial charge < -0.3 is 9.47 Å². The predicted molar refractivity (Wildman–Crippen MR) is 147 cm³/mol. The molecular formula is C30H31N3O6. The number of rotatable bonds is 7. The Morgan fingerprint density at radius 3 is 2.41 bits per heavy atom. The molecule has 2 aliphatic rings. The summed E-state index contributed by atoms with van der Waals surface area (Å²) in [6.07, 6.45) is 4.29. The van der Waals surface area contributed by atoms with Crippen LogP contribution in [-0.2, 0) is 32.1 Å². The fourth-order valence-electron chi connectivity index (χ4n) is 5.51. The maximum atomic E-state index is 14.0. The average Bonchev–Trinajstić information content (AvgIpc) is 3.32. The summed E-state index contributed by atoms with van der Waals surface area (Å²) in [7, 11) is 4.56. The molecule has 0 spiro atoms. The SMILES string of the molecule is CCOC(=O)Cn1c2c(n(-c3ccc(OC)cc3)c1=O)C=C1c3ccccc3C[C@]1(C)C(C(=O)N(C)OC)=C2. The van der Waals surface area contributed by atoms with Crippen LogP contribution in [0, 0.1) is 5.41 Å². The van der Waals surface area contributed by atoms with Crippen LogP contribution in [-0.4, -0.2) is 53.9 Å². The number of likely N-dealkylation sites (N-methyl/N-ethyl adjacent to an activating group) is 1. The van der Waals surface area contributed by atoms with Gasteiger partial charge >= 0.3 is 11.7 Å². The van der Waals surface area contributed by atoms with Gasteiger partial charge in [-0.25, -0.2) is 9.86 Å². The van der Waals surface area contributed by atoms with E-state index in [1.807, 2.05) is 31.2 Å². The van der Waals surface area contributed by atoms with Gasteiger partial charge in [-0.05, 0) is 66.5 Å². The molecule has 1 amide bonds. The molecule has 0 unspecified atom stereocenters. The summed E-state index contributed by atoms with van der Waals surface area (Å²) >= 11 is 0. The van der Waals surface area contributed by atoms with Gasteiger partial charge in [0.15, 0.2) is 0 Å². The Hall–Kier alpha value is -4.37. The minimum atomic E-state index is -0.706. The molecule has 0 saturated heterocycles. The van der Waals surface area contributed by atoms with Crippen LogP contribution in [0.4, 0.5) is 0 Å². The number of amides is 1. The lowest BCUT2D eigenvalue weighted by molar-refractivity contribution is -0.164. The summed E-state index contributed by atoms with van der Waals surface area (Å²) in [6.45, 7) is 3.63. The van der Waals surface area contributed by atoms with E-state index in [9.17, 15) is 14.4 Å². The molecule has 1 aromatic heterocycles. The van der Waals surface area contributed by atoms with Gasteiger partial charge in [0.25, 0.3) is 5.91 Å². The molecular weight excluding hydrogens is 498 g/mol. The lowest BCUT2D eigenvalue weighted by Crippen LogP contribution is -2.34. The summed E-state index contributed by atoms with van der Waals surface area (Å²) < 4.78 is 13.4. The third-order valence-corrected chi connectivity index (χ3v) is 7.53. The highest BCUT2D eigenvalue weighted by Gasteiger charge is 2.46. The zero-order valence-corrected chi connectivity index (χ0v) is 22.7. The van der Waals surface area contributed by atoms with Gasteiger partial charge in [0.2, 0.25) is 0 Å². The normalized spacial score (nSPS) is 17.3. The van der Waals surface area contributed by atoms with E-state index in [0.29, 0.717) is 34.8 Å². The smallest absolute Gasteiger partial charge is 0.334 e. The van der Waals surface area contributed by atoms with E-state index in [-0.39, 0.29) is 19.1 Å². The topological polar surface area (TPSA) is 92.0 Å². The Labute approximate surface area is 226 Å². The molecule has 1 atom stereocenters. The molecule has 5 rings (SSSR count). The number of imidazole rings is 1. The van der Waals surface area contributed by atoms with Gasteiger partial charge in [-0.3, -0.25) is 23.6 Å². The summed E-state index contributed by atoms with van der Waals surface area (Å²) in [5, 5.41) is 1.18. The van der Waals surface area contributed by atoms with Crippen LogP contribution in [0.2, 0.25) is 0 Å². The van der Waals surface area contributed by atoms with Gasteiger partial charge in [0.05, 0.1) is 37.9 Å². The Balaban J connectivity index is 1.85. The van der Waals surface area contributed by atoms with Crippen molar-refractivity contribution in [2.45, 2.75) is 26.8 Å². The Kier molecular flexibility index (Phi) is 6.78. The highest BCUT2D eigenvalue weighted by Crippen LogP contribution is 2.54. The van der Waals surface area contributed by atoms with Crippen molar-refractivity contribution >= 4 is 29.6 Å². The number of hydroxylamine groups is 2. The summed E-state index contributed by atoms with van der Waals surface area (Å²) in [4.78, 5) is 45.6. The van der Waals surface area contributed by atoms with Gasteiger partial charge in [-0.2, -0.15) is 0 Å². The molecule has 1 heterocycles. The molecule has 2 aliphatic carbocycles. The number of fused-ring (bicyclic) bond motifs is 4. The number of ether oxygens (including phenoxy) is 2. The number of carbonyl (C=O) groups excluding carboxylic acids is 2. The Morgan fingerprint density at radius 1 is 1.03 bits per heavy atom. The lowest BCUT2D eigenvalue weighted by Gasteiger charge is -2.30. The molecule has 0 saturated carbocycles. The molecule has 0 aliphatic heterocycles. The quantitative estimate of drug-likeness (QED) is 0.342. The van der Waals surface area contributed by atoms with Crippen LogP contribution >= 0.6 is 0 Å². The first-order valence-corrected chi connectivity index (χ1v) is 12.7. The second-order valence-electron chi connectivity index (χ2n) is 9.74. The monoisotopic (exact) mass is 529 g/mol. The van der Waals surface area contributed by atoms with Crippen molar-refractivity contribution < 1.29 is 23.9 Å². The third kappa shape index (κ3) is 4.28. The van der Waals surface area contributed by atoms with Crippen LogP contribution in [0.1, 0.15) is 36.4 Å². The van der Waals surface area contributed by atoms with Crippen molar-refractivity contribution in [3.63, 3.8) is 0 Å². The first-order chi connectivity index (χ1) is 18.7. The zero-order chi connectivity index (χ0) is 27.9. The molecule has 0 radical (unpaired) electrons. The molecule has 0 fully saturated rings. The molecule has 2 aromatic carbocycles. The van der Waals surface area contributed by atoms with E-state index >= 15 is 0 Å². The summed E-state index contributed by atoms with van der Waals surface area (Å²) in [6, 6.07) is 15.2. The van der Waals surface area contributed by atoms with Crippen LogP contribution in [0.25, 0.3) is 23.4 Å². The third-order valence-electron chi connectivity index (χ3n) is 7.53. The highest BCUT2D eigenvalue weighted by atomic mass is 16.7. The minimum Gasteiger partial charge on any atom is -0.497 e. The number of benzene rings is 2. The van der Waals surface area contributed by atoms with Crippen molar-refractivity contribution in [1.29, 1.82) is 0 Å². The van der Waals surface area contributed by atoms with Gasteiger partial charge in [-0.15, -0.1) is 0 Å². The van der Waals surface area contributed by atoms with E-state index in [2.05, 4.69) is 6.07 Å². The van der Waals surface area contributed by atoms with Crippen molar-refractivity contribution in [2.75, 3.05) is 27.9 Å². The van der Waals surface area contributed by atoms with Crippen molar-refractivity contribution in [3.05, 3.63) is 87.1 Å². The molecule has 9 nitrogen and oxygen atoms in total. The number of aromatic nitrogens is 2. The van der Waals surface area contributed by atoms with Gasteiger partial charge in [0, 0.05) is 18.0 Å². The fraction of sp³-hybridized carbons (Fsp3) is 0.300. The zero-order valence-electron chi connectivity index (χ0n) is 22.7. The minimum absolute atomic E-state index is 0.187.